The second kappa shape index (κ2) is 7.34. The summed E-state index contributed by atoms with van der Waals surface area (Å²) >= 11 is 0. The van der Waals surface area contributed by atoms with Crippen LogP contribution < -0.4 is 10.5 Å². The Morgan fingerprint density at radius 1 is 1.33 bits per heavy atom. The molecule has 1 aromatic carbocycles. The van der Waals surface area contributed by atoms with E-state index in [1.165, 1.54) is 13.2 Å². The standard InChI is InChI=1S/C14H22FNO2/c1-4-6-13(18-5-2)14(16)11-8-7-10(17-3)9-12(11)15/h7-9,13-14H,4-6,16H2,1-3H3. The molecule has 0 aliphatic heterocycles. The molecule has 1 aromatic rings. The van der Waals surface area contributed by atoms with Gasteiger partial charge in [0.15, 0.2) is 0 Å². The molecular weight excluding hydrogens is 233 g/mol. The summed E-state index contributed by atoms with van der Waals surface area (Å²) in [6, 6.07) is 4.29. The van der Waals surface area contributed by atoms with Crippen LogP contribution in [0.3, 0.4) is 0 Å². The Kier molecular flexibility index (Phi) is 6.09. The van der Waals surface area contributed by atoms with Crippen LogP contribution in [0.5, 0.6) is 5.75 Å². The first kappa shape index (κ1) is 14.9. The summed E-state index contributed by atoms with van der Waals surface area (Å²) in [6.45, 7) is 4.55. The fourth-order valence-electron chi connectivity index (χ4n) is 1.97. The molecule has 4 heteroatoms. The molecule has 0 aromatic heterocycles. The molecule has 0 saturated heterocycles. The Morgan fingerprint density at radius 2 is 2.06 bits per heavy atom. The Bertz CT molecular complexity index is 365. The van der Waals surface area contributed by atoms with Crippen molar-refractivity contribution in [3.8, 4) is 5.75 Å². The molecule has 0 heterocycles. The van der Waals surface area contributed by atoms with Gasteiger partial charge in [0.05, 0.1) is 19.3 Å². The molecule has 0 fully saturated rings. The molecule has 0 aliphatic carbocycles. The summed E-state index contributed by atoms with van der Waals surface area (Å²) < 4.78 is 24.5. The summed E-state index contributed by atoms with van der Waals surface area (Å²) in [5.74, 6) is 0.148. The van der Waals surface area contributed by atoms with Gasteiger partial charge in [-0.3, -0.25) is 0 Å². The van der Waals surface area contributed by atoms with E-state index in [0.29, 0.717) is 17.9 Å². The molecule has 0 bridgehead atoms. The lowest BCUT2D eigenvalue weighted by atomic mass is 9.98. The van der Waals surface area contributed by atoms with Crippen LogP contribution in [-0.4, -0.2) is 19.8 Å². The smallest absolute Gasteiger partial charge is 0.131 e. The molecule has 0 saturated carbocycles. The molecule has 3 nitrogen and oxygen atoms in total. The van der Waals surface area contributed by atoms with Gasteiger partial charge in [-0.1, -0.05) is 19.4 Å². The maximum atomic E-state index is 13.9. The number of methoxy groups -OCH3 is 1. The predicted octanol–water partition coefficient (Wildman–Crippen LogP) is 3.04. The molecule has 2 atom stereocenters. The number of ether oxygens (including phenoxy) is 2. The zero-order valence-corrected chi connectivity index (χ0v) is 11.3. The molecule has 0 spiro atoms. The number of nitrogens with two attached hydrogens (primary N) is 1. The van der Waals surface area contributed by atoms with E-state index < -0.39 is 6.04 Å². The quantitative estimate of drug-likeness (QED) is 0.814. The maximum Gasteiger partial charge on any atom is 0.131 e. The van der Waals surface area contributed by atoms with Crippen molar-refractivity contribution in [1.82, 2.24) is 0 Å². The van der Waals surface area contributed by atoms with E-state index in [9.17, 15) is 4.39 Å². The highest BCUT2D eigenvalue weighted by Gasteiger charge is 2.22. The fourth-order valence-corrected chi connectivity index (χ4v) is 1.97. The largest absolute Gasteiger partial charge is 0.497 e. The highest BCUT2D eigenvalue weighted by molar-refractivity contribution is 5.31. The molecule has 2 unspecified atom stereocenters. The topological polar surface area (TPSA) is 44.5 Å². The number of hydrogen-bond donors (Lipinski definition) is 1. The van der Waals surface area contributed by atoms with Crippen molar-refractivity contribution in [1.29, 1.82) is 0 Å². The summed E-state index contributed by atoms with van der Waals surface area (Å²) in [5.41, 5.74) is 6.57. The van der Waals surface area contributed by atoms with Crippen LogP contribution in [0.2, 0.25) is 0 Å². The lowest BCUT2D eigenvalue weighted by Gasteiger charge is -2.24. The zero-order chi connectivity index (χ0) is 13.5. The average Bonchev–Trinajstić information content (AvgIpc) is 2.37. The van der Waals surface area contributed by atoms with E-state index in [4.69, 9.17) is 15.2 Å². The first-order valence-electron chi connectivity index (χ1n) is 6.34. The lowest BCUT2D eigenvalue weighted by molar-refractivity contribution is 0.0366. The number of rotatable bonds is 7. The summed E-state index contributed by atoms with van der Waals surface area (Å²) in [4.78, 5) is 0. The third kappa shape index (κ3) is 3.68. The SMILES string of the molecule is CCCC(OCC)C(N)c1ccc(OC)cc1F. The fraction of sp³-hybridized carbons (Fsp3) is 0.571. The van der Waals surface area contributed by atoms with Gasteiger partial charge < -0.3 is 15.2 Å². The minimum atomic E-state index is -0.448. The van der Waals surface area contributed by atoms with Gasteiger partial charge in [0.1, 0.15) is 11.6 Å². The van der Waals surface area contributed by atoms with Gasteiger partial charge in [0.25, 0.3) is 0 Å². The van der Waals surface area contributed by atoms with Crippen LogP contribution in [0.25, 0.3) is 0 Å². The van der Waals surface area contributed by atoms with Gasteiger partial charge >= 0.3 is 0 Å². The van der Waals surface area contributed by atoms with Gasteiger partial charge in [-0.2, -0.15) is 0 Å². The van der Waals surface area contributed by atoms with Crippen LogP contribution in [0, 0.1) is 5.82 Å². The molecule has 1 rings (SSSR count). The number of halogens is 1. The Hall–Kier alpha value is -1.13. The number of hydrogen-bond acceptors (Lipinski definition) is 3. The van der Waals surface area contributed by atoms with Crippen LogP contribution in [-0.2, 0) is 4.74 Å². The first-order chi connectivity index (χ1) is 8.63. The van der Waals surface area contributed by atoms with Crippen molar-refractivity contribution in [2.24, 2.45) is 5.73 Å². The van der Waals surface area contributed by atoms with Crippen molar-refractivity contribution in [2.75, 3.05) is 13.7 Å². The predicted molar refractivity (Wildman–Crippen MR) is 70.2 cm³/mol. The minimum absolute atomic E-state index is 0.150. The van der Waals surface area contributed by atoms with Gasteiger partial charge in [0, 0.05) is 18.2 Å². The van der Waals surface area contributed by atoms with Crippen molar-refractivity contribution < 1.29 is 13.9 Å². The van der Waals surface area contributed by atoms with Gasteiger partial charge in [0.2, 0.25) is 0 Å². The normalized spacial score (nSPS) is 14.3. The second-order valence-corrected chi connectivity index (χ2v) is 4.20. The second-order valence-electron chi connectivity index (χ2n) is 4.20. The molecule has 0 aliphatic rings. The number of benzene rings is 1. The average molecular weight is 255 g/mol. The molecule has 0 amide bonds. The van der Waals surface area contributed by atoms with Crippen molar-refractivity contribution in [3.63, 3.8) is 0 Å². The third-order valence-electron chi connectivity index (χ3n) is 2.92. The Balaban J connectivity index is 2.89. The van der Waals surface area contributed by atoms with E-state index in [1.54, 1.807) is 12.1 Å². The highest BCUT2D eigenvalue weighted by atomic mass is 19.1. The summed E-state index contributed by atoms with van der Waals surface area (Å²) in [6.07, 6.45) is 1.62. The van der Waals surface area contributed by atoms with Crippen molar-refractivity contribution in [2.45, 2.75) is 38.8 Å². The lowest BCUT2D eigenvalue weighted by Crippen LogP contribution is -2.29. The van der Waals surface area contributed by atoms with E-state index in [0.717, 1.165) is 12.8 Å². The Morgan fingerprint density at radius 3 is 2.56 bits per heavy atom. The molecule has 18 heavy (non-hydrogen) atoms. The zero-order valence-electron chi connectivity index (χ0n) is 11.3. The van der Waals surface area contributed by atoms with Crippen LogP contribution in [0.1, 0.15) is 38.3 Å². The van der Waals surface area contributed by atoms with Gasteiger partial charge in [-0.25, -0.2) is 4.39 Å². The first-order valence-corrected chi connectivity index (χ1v) is 6.34. The monoisotopic (exact) mass is 255 g/mol. The molecular formula is C14H22FNO2. The molecule has 2 N–H and O–H groups in total. The molecule has 102 valence electrons. The van der Waals surface area contributed by atoms with Crippen molar-refractivity contribution >= 4 is 0 Å². The van der Waals surface area contributed by atoms with E-state index in [1.807, 2.05) is 6.92 Å². The highest BCUT2D eigenvalue weighted by Crippen LogP contribution is 2.25. The summed E-state index contributed by atoms with van der Waals surface area (Å²) in [7, 11) is 1.51. The van der Waals surface area contributed by atoms with Crippen molar-refractivity contribution in [3.05, 3.63) is 29.6 Å². The van der Waals surface area contributed by atoms with Crippen LogP contribution in [0.4, 0.5) is 4.39 Å². The van der Waals surface area contributed by atoms with Crippen LogP contribution >= 0.6 is 0 Å². The third-order valence-corrected chi connectivity index (χ3v) is 2.92. The van der Waals surface area contributed by atoms with E-state index >= 15 is 0 Å². The van der Waals surface area contributed by atoms with E-state index in [-0.39, 0.29) is 11.9 Å². The van der Waals surface area contributed by atoms with Crippen LogP contribution in [0.15, 0.2) is 18.2 Å². The van der Waals surface area contributed by atoms with Gasteiger partial charge in [-0.05, 0) is 19.4 Å². The maximum absolute atomic E-state index is 13.9. The minimum Gasteiger partial charge on any atom is -0.497 e. The Labute approximate surface area is 108 Å². The van der Waals surface area contributed by atoms with E-state index in [2.05, 4.69) is 6.92 Å². The summed E-state index contributed by atoms with van der Waals surface area (Å²) in [5, 5.41) is 0. The van der Waals surface area contributed by atoms with Gasteiger partial charge in [-0.15, -0.1) is 0 Å². The molecule has 0 radical (unpaired) electrons.